The van der Waals surface area contributed by atoms with Crippen LogP contribution in [0.5, 0.6) is 0 Å². The molecule has 0 amide bonds. The lowest BCUT2D eigenvalue weighted by molar-refractivity contribution is -0.137. The normalized spacial score (nSPS) is 11.5. The lowest BCUT2D eigenvalue weighted by atomic mass is 10.0. The van der Waals surface area contributed by atoms with E-state index in [-0.39, 0.29) is 0 Å². The average Bonchev–Trinajstić information content (AvgIpc) is 3.55. The molecule has 0 unspecified atom stereocenters. The fourth-order valence-corrected chi connectivity index (χ4v) is 5.67. The fraction of sp³-hybridized carbons (Fsp3) is 0.531. The maximum absolute atomic E-state index is 13.0. The van der Waals surface area contributed by atoms with Gasteiger partial charge in [-0.1, -0.05) is 89.9 Å². The lowest BCUT2D eigenvalue weighted by Gasteiger charge is -2.01. The summed E-state index contributed by atoms with van der Waals surface area (Å²) in [6.45, 7) is 4.49. The minimum atomic E-state index is -4.38. The van der Waals surface area contributed by atoms with Crippen LogP contribution >= 0.6 is 11.3 Å². The van der Waals surface area contributed by atoms with E-state index in [9.17, 15) is 13.2 Å². The molecule has 0 aliphatic heterocycles. The Labute approximate surface area is 230 Å². The van der Waals surface area contributed by atoms with Crippen molar-refractivity contribution < 1.29 is 13.2 Å². The summed E-state index contributed by atoms with van der Waals surface area (Å²) in [5.74, 6) is 6.64. The molecule has 0 saturated carbocycles. The molecule has 0 saturated heterocycles. The zero-order valence-electron chi connectivity index (χ0n) is 22.9. The molecule has 3 heterocycles. The summed E-state index contributed by atoms with van der Waals surface area (Å²) in [6.07, 6.45) is 15.7. The van der Waals surface area contributed by atoms with Crippen molar-refractivity contribution >= 4 is 11.3 Å². The van der Waals surface area contributed by atoms with Gasteiger partial charge in [-0.2, -0.15) is 13.2 Å². The number of aromatic nitrogens is 2. The van der Waals surface area contributed by atoms with Gasteiger partial charge in [0.1, 0.15) is 0 Å². The van der Waals surface area contributed by atoms with Crippen LogP contribution in [0.1, 0.15) is 117 Å². The third-order valence-electron chi connectivity index (χ3n) is 6.80. The van der Waals surface area contributed by atoms with E-state index in [2.05, 4.69) is 41.7 Å². The quantitative estimate of drug-likeness (QED) is 0.150. The maximum atomic E-state index is 13.0. The van der Waals surface area contributed by atoms with Crippen molar-refractivity contribution in [3.05, 3.63) is 63.1 Å². The highest BCUT2D eigenvalue weighted by molar-refractivity contribution is 7.12. The Morgan fingerprint density at radius 1 is 0.816 bits per heavy atom. The number of aryl methyl sites for hydroxylation is 2. The Morgan fingerprint density at radius 3 is 2.13 bits per heavy atom. The summed E-state index contributed by atoms with van der Waals surface area (Å²) in [5.41, 5.74) is 2.17. The van der Waals surface area contributed by atoms with Gasteiger partial charge in [0.2, 0.25) is 0 Å². The largest absolute Gasteiger partial charge is 0.417 e. The molecule has 3 aromatic rings. The molecule has 38 heavy (non-hydrogen) atoms. The summed E-state index contributed by atoms with van der Waals surface area (Å²) >= 11 is 1.81. The molecule has 2 nitrogen and oxygen atoms in total. The van der Waals surface area contributed by atoms with Gasteiger partial charge in [0, 0.05) is 22.8 Å². The van der Waals surface area contributed by atoms with E-state index in [1.165, 1.54) is 87.5 Å². The predicted molar refractivity (Wildman–Crippen MR) is 153 cm³/mol. The minimum Gasteiger partial charge on any atom is -0.359 e. The number of H-pyrrole nitrogens is 1. The highest BCUT2D eigenvalue weighted by atomic mass is 32.1. The van der Waals surface area contributed by atoms with E-state index >= 15 is 0 Å². The van der Waals surface area contributed by atoms with Crippen LogP contribution in [0, 0.1) is 11.8 Å². The fourth-order valence-electron chi connectivity index (χ4n) is 4.57. The van der Waals surface area contributed by atoms with E-state index in [4.69, 9.17) is 0 Å². The van der Waals surface area contributed by atoms with Gasteiger partial charge in [0.05, 0.1) is 21.8 Å². The zero-order chi connectivity index (χ0) is 27.2. The first kappa shape index (κ1) is 30.0. The van der Waals surface area contributed by atoms with Crippen molar-refractivity contribution in [2.45, 2.75) is 110 Å². The topological polar surface area (TPSA) is 28.7 Å². The number of halogens is 3. The van der Waals surface area contributed by atoms with Crippen LogP contribution in [0.15, 0.2) is 36.7 Å². The van der Waals surface area contributed by atoms with Crippen LogP contribution in [-0.2, 0) is 19.0 Å². The Hall–Kier alpha value is -2.52. The number of nitrogens with one attached hydrogen (secondary N) is 1. The highest BCUT2D eigenvalue weighted by Gasteiger charge is 2.31. The molecule has 1 N–H and O–H groups in total. The number of rotatable bonds is 15. The Kier molecular flexibility index (Phi) is 12.5. The summed E-state index contributed by atoms with van der Waals surface area (Å²) in [5, 5.41) is 0. The Balaban J connectivity index is 1.70. The highest BCUT2D eigenvalue weighted by Crippen LogP contribution is 2.32. The zero-order valence-corrected chi connectivity index (χ0v) is 23.7. The summed E-state index contributed by atoms with van der Waals surface area (Å²) in [4.78, 5) is 9.47. The van der Waals surface area contributed by atoms with Gasteiger partial charge < -0.3 is 4.98 Å². The van der Waals surface area contributed by atoms with Gasteiger partial charge in [0.15, 0.2) is 0 Å². The average molecular weight is 543 g/mol. The van der Waals surface area contributed by atoms with Crippen molar-refractivity contribution in [3.63, 3.8) is 0 Å². The molecule has 0 aromatic carbocycles. The Bertz CT molecular complexity index is 1160. The van der Waals surface area contributed by atoms with Crippen LogP contribution in [0.25, 0.3) is 11.4 Å². The number of aromatic amines is 1. The van der Waals surface area contributed by atoms with Crippen molar-refractivity contribution in [1.82, 2.24) is 9.97 Å². The second kappa shape index (κ2) is 15.8. The third kappa shape index (κ3) is 9.98. The summed E-state index contributed by atoms with van der Waals surface area (Å²) in [6, 6.07) is 7.01. The van der Waals surface area contributed by atoms with Crippen LogP contribution in [0.4, 0.5) is 13.2 Å². The van der Waals surface area contributed by atoms with Gasteiger partial charge in [-0.25, -0.2) is 0 Å². The summed E-state index contributed by atoms with van der Waals surface area (Å²) < 4.78 is 39.0. The molecular weight excluding hydrogens is 501 g/mol. The molecule has 0 atom stereocenters. The monoisotopic (exact) mass is 542 g/mol. The van der Waals surface area contributed by atoms with E-state index in [1.807, 2.05) is 6.07 Å². The molecule has 3 aromatic heterocycles. The molecule has 0 aliphatic carbocycles. The van der Waals surface area contributed by atoms with Crippen LogP contribution < -0.4 is 0 Å². The number of nitrogens with zero attached hydrogens (tertiary/aromatic N) is 1. The first-order chi connectivity index (χ1) is 18.4. The second-order valence-corrected chi connectivity index (χ2v) is 11.2. The number of hydrogen-bond donors (Lipinski definition) is 1. The first-order valence-electron chi connectivity index (χ1n) is 14.3. The molecule has 0 radical (unpaired) electrons. The molecule has 0 aliphatic rings. The molecular formula is C32H41F3N2S. The van der Waals surface area contributed by atoms with Gasteiger partial charge in [-0.3, -0.25) is 4.98 Å². The van der Waals surface area contributed by atoms with Crippen LogP contribution in [0.2, 0.25) is 0 Å². The van der Waals surface area contributed by atoms with Gasteiger partial charge in [-0.15, -0.1) is 11.3 Å². The molecule has 3 rings (SSSR count). The number of alkyl halides is 3. The molecule has 0 spiro atoms. The van der Waals surface area contributed by atoms with E-state index in [0.717, 1.165) is 35.5 Å². The van der Waals surface area contributed by atoms with E-state index in [0.29, 0.717) is 11.4 Å². The number of unbranched alkanes of at least 4 members (excludes halogenated alkanes) is 10. The van der Waals surface area contributed by atoms with Crippen molar-refractivity contribution in [3.8, 4) is 23.2 Å². The molecule has 6 heteroatoms. The lowest BCUT2D eigenvalue weighted by Crippen LogP contribution is -2.02. The van der Waals surface area contributed by atoms with Gasteiger partial charge in [-0.05, 0) is 55.5 Å². The standard InChI is InChI=1S/C32H41F3N2S/c1-3-5-7-9-11-13-15-26-22-28(16-14-12-10-8-6-4-2)38-31(26)18-17-25-19-20-36-29(21-25)30-23-27(24-37-30)32(33,34)35/h19-24,37H,3-16H2,1-2H3. The smallest absolute Gasteiger partial charge is 0.359 e. The predicted octanol–water partition coefficient (Wildman–Crippen LogP) is 10.4. The van der Waals surface area contributed by atoms with Gasteiger partial charge >= 0.3 is 6.18 Å². The summed E-state index contributed by atoms with van der Waals surface area (Å²) in [7, 11) is 0. The molecule has 0 bridgehead atoms. The molecule has 206 valence electrons. The van der Waals surface area contributed by atoms with Crippen molar-refractivity contribution in [1.29, 1.82) is 0 Å². The third-order valence-corrected chi connectivity index (χ3v) is 7.96. The Morgan fingerprint density at radius 2 is 1.47 bits per heavy atom. The number of hydrogen-bond acceptors (Lipinski definition) is 2. The van der Waals surface area contributed by atoms with Crippen LogP contribution in [0.3, 0.4) is 0 Å². The molecule has 0 fully saturated rings. The van der Waals surface area contributed by atoms with Crippen molar-refractivity contribution in [2.75, 3.05) is 0 Å². The minimum absolute atomic E-state index is 0.335. The van der Waals surface area contributed by atoms with Crippen molar-refractivity contribution in [2.24, 2.45) is 0 Å². The number of thiophene rings is 1. The maximum Gasteiger partial charge on any atom is 0.417 e. The number of pyridine rings is 1. The van der Waals surface area contributed by atoms with E-state index in [1.54, 1.807) is 23.6 Å². The first-order valence-corrected chi connectivity index (χ1v) is 15.1. The van der Waals surface area contributed by atoms with Gasteiger partial charge in [0.25, 0.3) is 0 Å². The second-order valence-electron chi connectivity index (χ2n) is 10.1. The van der Waals surface area contributed by atoms with Crippen LogP contribution in [-0.4, -0.2) is 9.97 Å². The van der Waals surface area contributed by atoms with E-state index < -0.39 is 11.7 Å². The SMILES string of the molecule is CCCCCCCCc1cc(CCCCCCCC)c(C#Cc2ccnc(-c3cc(C(F)(F)F)c[nH]3)c2)s1.